The van der Waals surface area contributed by atoms with Gasteiger partial charge in [0, 0.05) is 30.1 Å². The van der Waals surface area contributed by atoms with Crippen molar-refractivity contribution in [2.75, 3.05) is 43.9 Å². The molecule has 320 valence electrons. The van der Waals surface area contributed by atoms with E-state index in [1.54, 1.807) is 20.2 Å². The van der Waals surface area contributed by atoms with Crippen molar-refractivity contribution in [1.82, 2.24) is 19.6 Å². The standard InChI is InChI=1S/C42H41F3N6O6S4/c1-50(2)22-9-21-46-33-18-17-29(24-37(33)60(54,55)42(43,44)45)61(56,57)49-40(53)39-36(19-16-27-10-4-3-5-11-27)59-41(48-39)51-23-20-28-12-8-13-30(31(28)26-51)34(52)25-38-47-32-14-6-7-15-35(32)58-38/h3-8,10-15,17-18,24,46H,9,16,19-23,25-26H2,1-2H3,(H,49,53). The van der Waals surface area contributed by atoms with Gasteiger partial charge in [-0.1, -0.05) is 60.7 Å². The van der Waals surface area contributed by atoms with Crippen LogP contribution in [0.5, 0.6) is 0 Å². The molecule has 3 heterocycles. The van der Waals surface area contributed by atoms with Gasteiger partial charge in [-0.25, -0.2) is 31.5 Å². The van der Waals surface area contributed by atoms with Gasteiger partial charge in [0.15, 0.2) is 10.9 Å². The third kappa shape index (κ3) is 9.96. The molecule has 4 aromatic carbocycles. The molecule has 0 spiro atoms. The van der Waals surface area contributed by atoms with Crippen molar-refractivity contribution in [3.8, 4) is 0 Å². The normalized spacial score (nSPS) is 13.4. The van der Waals surface area contributed by atoms with Crippen LogP contribution in [0.15, 0.2) is 101 Å². The van der Waals surface area contributed by atoms with Gasteiger partial charge in [-0.15, -0.1) is 22.7 Å². The van der Waals surface area contributed by atoms with E-state index in [1.807, 2.05) is 81.3 Å². The Morgan fingerprint density at radius 3 is 2.38 bits per heavy atom. The van der Waals surface area contributed by atoms with E-state index in [4.69, 9.17) is 0 Å². The third-order valence-corrected chi connectivity index (χ3v) is 15.1. The molecule has 0 saturated heterocycles. The number of alkyl halides is 3. The van der Waals surface area contributed by atoms with Crippen LogP contribution in [0.1, 0.15) is 53.8 Å². The van der Waals surface area contributed by atoms with E-state index in [-0.39, 0.29) is 31.0 Å². The zero-order chi connectivity index (χ0) is 43.5. The first-order valence-electron chi connectivity index (χ1n) is 19.2. The van der Waals surface area contributed by atoms with Crippen LogP contribution in [0, 0.1) is 0 Å². The van der Waals surface area contributed by atoms with Crippen molar-refractivity contribution in [2.45, 2.75) is 53.9 Å². The molecule has 61 heavy (non-hydrogen) atoms. The average molecular weight is 911 g/mol. The lowest BCUT2D eigenvalue weighted by atomic mass is 9.92. The molecular weight excluding hydrogens is 870 g/mol. The van der Waals surface area contributed by atoms with Gasteiger partial charge in [0.2, 0.25) is 0 Å². The summed E-state index contributed by atoms with van der Waals surface area (Å²) in [6.45, 7) is 1.42. The first-order valence-corrected chi connectivity index (χ1v) is 23.8. The zero-order valence-corrected chi connectivity index (χ0v) is 36.3. The lowest BCUT2D eigenvalue weighted by Crippen LogP contribution is -2.33. The lowest BCUT2D eigenvalue weighted by molar-refractivity contribution is -0.0435. The number of rotatable bonds is 16. The van der Waals surface area contributed by atoms with E-state index < -0.39 is 46.8 Å². The van der Waals surface area contributed by atoms with Gasteiger partial charge in [0.05, 0.1) is 27.2 Å². The van der Waals surface area contributed by atoms with Gasteiger partial charge in [-0.3, -0.25) is 9.59 Å². The molecule has 6 aromatic rings. The van der Waals surface area contributed by atoms with Gasteiger partial charge in [-0.2, -0.15) is 13.2 Å². The van der Waals surface area contributed by atoms with E-state index >= 15 is 0 Å². The van der Waals surface area contributed by atoms with E-state index in [1.165, 1.54) is 22.7 Å². The first-order chi connectivity index (χ1) is 29.0. The summed E-state index contributed by atoms with van der Waals surface area (Å²) in [4.78, 5) is 39.1. The van der Waals surface area contributed by atoms with E-state index in [0.717, 1.165) is 39.0 Å². The Hall–Kier alpha value is -5.21. The first kappa shape index (κ1) is 43.9. The number of anilines is 2. The number of nitrogens with zero attached hydrogens (tertiary/aromatic N) is 4. The smallest absolute Gasteiger partial charge is 0.384 e. The number of benzene rings is 4. The molecule has 2 aromatic heterocycles. The summed E-state index contributed by atoms with van der Waals surface area (Å²) in [5, 5.41) is 3.78. The van der Waals surface area contributed by atoms with Crippen LogP contribution in [0.2, 0.25) is 0 Å². The second kappa shape index (κ2) is 18.0. The number of nitrogens with one attached hydrogen (secondary N) is 2. The molecule has 0 radical (unpaired) electrons. The SMILES string of the molecule is CN(C)CCCNc1ccc(S(=O)(=O)NC(=O)c2nc(N3CCc4cccc(C(=O)Cc5nc6ccccc6s5)c4C3)sc2CCc2ccccc2)cc1S(=O)(=O)C(F)(F)F. The lowest BCUT2D eigenvalue weighted by Gasteiger charge is -2.29. The molecule has 0 unspecified atom stereocenters. The summed E-state index contributed by atoms with van der Waals surface area (Å²) >= 11 is 2.67. The molecule has 19 heteroatoms. The average Bonchev–Trinajstić information content (AvgIpc) is 3.85. The maximum Gasteiger partial charge on any atom is 0.501 e. The second-order valence-electron chi connectivity index (χ2n) is 14.7. The van der Waals surface area contributed by atoms with Gasteiger partial charge in [-0.05, 0) is 93.3 Å². The summed E-state index contributed by atoms with van der Waals surface area (Å²) in [6, 6.07) is 25.0. The van der Waals surface area contributed by atoms with Crippen molar-refractivity contribution in [3.63, 3.8) is 0 Å². The largest absolute Gasteiger partial charge is 0.501 e. The number of halogens is 3. The fourth-order valence-corrected chi connectivity index (χ4v) is 11.0. The quantitative estimate of drug-likeness (QED) is 0.0742. The van der Waals surface area contributed by atoms with Crippen molar-refractivity contribution in [2.24, 2.45) is 0 Å². The molecule has 0 saturated carbocycles. The number of carbonyl (C=O) groups excluding carboxylic acids is 2. The minimum Gasteiger partial charge on any atom is -0.384 e. The van der Waals surface area contributed by atoms with Crippen LogP contribution in [-0.4, -0.2) is 82.6 Å². The molecule has 2 N–H and O–H groups in total. The summed E-state index contributed by atoms with van der Waals surface area (Å²) in [5.74, 6) is -1.23. The molecule has 0 atom stereocenters. The summed E-state index contributed by atoms with van der Waals surface area (Å²) in [7, 11) is -7.36. The van der Waals surface area contributed by atoms with Crippen LogP contribution in [0.3, 0.4) is 0 Å². The predicted octanol–water partition coefficient (Wildman–Crippen LogP) is 7.30. The fraction of sp³-hybridized carbons (Fsp3) is 0.286. The monoisotopic (exact) mass is 910 g/mol. The second-order valence-corrected chi connectivity index (χ2v) is 20.4. The highest BCUT2D eigenvalue weighted by Crippen LogP contribution is 2.37. The number of aryl methyl sites for hydroxylation is 2. The van der Waals surface area contributed by atoms with Crippen LogP contribution in [0.25, 0.3) is 10.2 Å². The third-order valence-electron chi connectivity index (χ3n) is 10.1. The van der Waals surface area contributed by atoms with Gasteiger partial charge >= 0.3 is 5.51 Å². The fourth-order valence-electron chi connectivity index (χ4n) is 6.97. The van der Waals surface area contributed by atoms with Crippen LogP contribution >= 0.6 is 22.7 Å². The number of carbonyl (C=O) groups is 2. The molecule has 1 amide bonds. The highest BCUT2D eigenvalue weighted by molar-refractivity contribution is 7.92. The Bertz CT molecular complexity index is 2780. The molecule has 0 fully saturated rings. The number of fused-ring (bicyclic) bond motifs is 2. The molecule has 0 aliphatic carbocycles. The van der Waals surface area contributed by atoms with Crippen molar-refractivity contribution in [1.29, 1.82) is 0 Å². The van der Waals surface area contributed by atoms with Crippen LogP contribution < -0.4 is 14.9 Å². The Morgan fingerprint density at radius 2 is 1.64 bits per heavy atom. The molecule has 0 bridgehead atoms. The van der Waals surface area contributed by atoms with Crippen molar-refractivity contribution in [3.05, 3.63) is 129 Å². The molecular formula is C42H41F3N6O6S4. The molecule has 1 aliphatic heterocycles. The van der Waals surface area contributed by atoms with Crippen LogP contribution in [-0.2, 0) is 52.1 Å². The van der Waals surface area contributed by atoms with E-state index in [9.17, 15) is 39.6 Å². The number of hydrogen-bond acceptors (Lipinski definition) is 13. The number of Topliss-reactive ketones (excluding diaryl/α,β-unsaturated/α-hetero) is 1. The minimum absolute atomic E-state index is 0.0925. The summed E-state index contributed by atoms with van der Waals surface area (Å²) < 4.78 is 97.2. The maximum absolute atomic E-state index is 14.0. The number of amides is 1. The molecule has 12 nitrogen and oxygen atoms in total. The Morgan fingerprint density at radius 1 is 0.885 bits per heavy atom. The number of sulfone groups is 1. The van der Waals surface area contributed by atoms with Gasteiger partial charge in [0.1, 0.15) is 15.6 Å². The number of ketones is 1. The molecule has 7 rings (SSSR count). The predicted molar refractivity (Wildman–Crippen MR) is 231 cm³/mol. The Balaban J connectivity index is 1.16. The van der Waals surface area contributed by atoms with Crippen molar-refractivity contribution >= 4 is 75.3 Å². The number of aromatic nitrogens is 2. The summed E-state index contributed by atoms with van der Waals surface area (Å²) in [5.41, 5.74) is -2.23. The summed E-state index contributed by atoms with van der Waals surface area (Å²) in [6.07, 6.45) is 1.91. The maximum atomic E-state index is 14.0. The Labute approximate surface area is 359 Å². The number of para-hydroxylation sites is 1. The molecule has 1 aliphatic rings. The highest BCUT2D eigenvalue weighted by Gasteiger charge is 2.48. The topological polar surface area (TPSA) is 159 Å². The zero-order valence-electron chi connectivity index (χ0n) is 33.0. The van der Waals surface area contributed by atoms with Crippen LogP contribution in [0.4, 0.5) is 24.0 Å². The number of sulfonamides is 1. The van der Waals surface area contributed by atoms with Crippen molar-refractivity contribution < 1.29 is 39.6 Å². The Kier molecular flexibility index (Phi) is 13.0. The van der Waals surface area contributed by atoms with Gasteiger partial charge in [0.25, 0.3) is 25.8 Å². The minimum atomic E-state index is -6.02. The van der Waals surface area contributed by atoms with E-state index in [0.29, 0.717) is 65.4 Å². The number of thiazole rings is 2. The highest BCUT2D eigenvalue weighted by atomic mass is 32.2. The van der Waals surface area contributed by atoms with E-state index in [2.05, 4.69) is 15.3 Å². The van der Waals surface area contributed by atoms with Gasteiger partial charge < -0.3 is 15.1 Å². The number of hydrogen-bond donors (Lipinski definition) is 2.